The molecule has 15 heteroatoms. The van der Waals surface area contributed by atoms with Gasteiger partial charge in [0.15, 0.2) is 12.6 Å². The molecule has 0 heterocycles. The molecule has 0 saturated carbocycles. The van der Waals surface area contributed by atoms with Gasteiger partial charge in [-0.15, -0.1) is 0 Å². The summed E-state index contributed by atoms with van der Waals surface area (Å²) < 4.78 is 38.2. The number of hydrogen-bond acceptors (Lipinski definition) is 13. The average Bonchev–Trinajstić information content (AvgIpc) is 2.90. The van der Waals surface area contributed by atoms with Crippen molar-refractivity contribution in [2.45, 2.75) is 58.5 Å². The van der Waals surface area contributed by atoms with Gasteiger partial charge in [0.25, 0.3) is 0 Å². The summed E-state index contributed by atoms with van der Waals surface area (Å²) in [6.45, 7) is 8.37. The molecule has 0 aromatic carbocycles. The molecule has 238 valence electrons. The van der Waals surface area contributed by atoms with Gasteiger partial charge in [-0.3, -0.25) is 9.59 Å². The van der Waals surface area contributed by atoms with Crippen LogP contribution >= 0.6 is 0 Å². The van der Waals surface area contributed by atoms with Crippen LogP contribution < -0.4 is 10.6 Å². The summed E-state index contributed by atoms with van der Waals surface area (Å²) in [5.74, 6) is -0.477. The van der Waals surface area contributed by atoms with Crippen molar-refractivity contribution >= 4 is 11.8 Å². The molecule has 6 atom stereocenters. The number of aliphatic hydroxyl groups is 4. The number of carbonyl (C=O) groups is 2. The van der Waals surface area contributed by atoms with Crippen LogP contribution in [0.4, 0.5) is 0 Å². The zero-order valence-corrected chi connectivity index (χ0v) is 24.1. The van der Waals surface area contributed by atoms with Gasteiger partial charge in [0.1, 0.15) is 12.1 Å². The lowest BCUT2D eigenvalue weighted by Gasteiger charge is -2.30. The lowest BCUT2D eigenvalue weighted by molar-refractivity contribution is -0.218. The molecule has 2 amide bonds. The fourth-order valence-corrected chi connectivity index (χ4v) is 3.01. The maximum atomic E-state index is 11.4. The Morgan fingerprint density at radius 3 is 1.73 bits per heavy atom. The molecule has 0 fully saturated rings. The molecular weight excluding hydrogens is 536 g/mol. The largest absolute Gasteiger partial charge is 0.394 e. The third-order valence-electron chi connectivity index (χ3n) is 5.06. The van der Waals surface area contributed by atoms with Crippen molar-refractivity contribution in [1.82, 2.24) is 10.6 Å². The molecule has 0 radical (unpaired) electrons. The first-order valence-corrected chi connectivity index (χ1v) is 13.4. The Morgan fingerprint density at radius 2 is 1.25 bits per heavy atom. The lowest BCUT2D eigenvalue weighted by Crippen LogP contribution is -2.50. The minimum atomic E-state index is -1.10. The molecule has 0 aliphatic heterocycles. The van der Waals surface area contributed by atoms with Gasteiger partial charge < -0.3 is 64.2 Å². The third kappa shape index (κ3) is 22.2. The van der Waals surface area contributed by atoms with Crippen LogP contribution in [0, 0.1) is 5.92 Å². The second-order valence-corrected chi connectivity index (χ2v) is 9.07. The number of aliphatic hydroxyl groups excluding tert-OH is 4. The predicted octanol–water partition coefficient (Wildman–Crippen LogP) is -2.24. The Kier molecular flexibility index (Phi) is 24.3. The van der Waals surface area contributed by atoms with Crippen LogP contribution in [0.1, 0.15) is 27.7 Å². The zero-order chi connectivity index (χ0) is 30.2. The van der Waals surface area contributed by atoms with E-state index in [4.69, 9.17) is 33.2 Å². The van der Waals surface area contributed by atoms with E-state index in [0.717, 1.165) is 0 Å². The summed E-state index contributed by atoms with van der Waals surface area (Å²) in [6, 6.07) is -0.890. The van der Waals surface area contributed by atoms with Crippen LogP contribution in [0.25, 0.3) is 0 Å². The molecule has 0 saturated heterocycles. The monoisotopic (exact) mass is 586 g/mol. The van der Waals surface area contributed by atoms with Crippen LogP contribution in [-0.2, 0) is 42.7 Å². The highest BCUT2D eigenvalue weighted by Gasteiger charge is 2.28. The molecule has 0 rings (SSSR count). The standard InChI is InChI=1S/C25H50N2O13/c1-18(16-36-7-5-34-9-11-38-24(33)13-26-20(3)31)17-37-8-6-35-10-12-39-25(22(14-28)27-21(4)32)40-23(15-29)19(2)30/h18-19,22-25,28-30,33H,5-17H2,1-4H3,(H,26,31)(H,27,32)/t18?,19-,22+,23?,24+,25?/m1/s1. The first-order valence-electron chi connectivity index (χ1n) is 13.4. The van der Waals surface area contributed by atoms with Crippen LogP contribution in [0.5, 0.6) is 0 Å². The van der Waals surface area contributed by atoms with E-state index in [-0.39, 0.29) is 38.2 Å². The highest BCUT2D eigenvalue weighted by Crippen LogP contribution is 2.09. The summed E-state index contributed by atoms with van der Waals surface area (Å²) in [5.41, 5.74) is 0. The van der Waals surface area contributed by atoms with E-state index in [1.807, 2.05) is 6.92 Å². The highest BCUT2D eigenvalue weighted by molar-refractivity contribution is 5.73. The molecule has 40 heavy (non-hydrogen) atoms. The SMILES string of the molecule is CC(=O)NC[C@@H](O)OCCOCCOCC(C)COCCOCCOC(OC(CO)[C@@H](C)O)[C@H](CO)NC(C)=O. The molecule has 6 N–H and O–H groups in total. The second kappa shape index (κ2) is 25.2. The van der Waals surface area contributed by atoms with Gasteiger partial charge >= 0.3 is 0 Å². The van der Waals surface area contributed by atoms with Crippen molar-refractivity contribution in [3.05, 3.63) is 0 Å². The number of hydrogen-bond donors (Lipinski definition) is 6. The molecule has 0 aliphatic rings. The van der Waals surface area contributed by atoms with Gasteiger partial charge in [0, 0.05) is 19.8 Å². The minimum absolute atomic E-state index is 0.0275. The minimum Gasteiger partial charge on any atom is -0.394 e. The van der Waals surface area contributed by atoms with Crippen LogP contribution in [-0.4, -0.2) is 149 Å². The molecule has 0 aromatic rings. The molecule has 0 bridgehead atoms. The lowest BCUT2D eigenvalue weighted by atomic mass is 10.2. The topological polar surface area (TPSA) is 204 Å². The van der Waals surface area contributed by atoms with Crippen LogP contribution in [0.2, 0.25) is 0 Å². The maximum Gasteiger partial charge on any atom is 0.217 e. The van der Waals surface area contributed by atoms with Crippen molar-refractivity contribution < 1.29 is 63.2 Å². The Labute approximate surface area is 236 Å². The molecule has 3 unspecified atom stereocenters. The summed E-state index contributed by atoms with van der Waals surface area (Å²) >= 11 is 0. The van der Waals surface area contributed by atoms with Gasteiger partial charge in [-0.2, -0.15) is 0 Å². The Bertz CT molecular complexity index is 630. The van der Waals surface area contributed by atoms with Crippen LogP contribution in [0.15, 0.2) is 0 Å². The van der Waals surface area contributed by atoms with Crippen molar-refractivity contribution in [3.63, 3.8) is 0 Å². The fraction of sp³-hybridized carbons (Fsp3) is 0.920. The highest BCUT2D eigenvalue weighted by atomic mass is 16.7. The normalized spacial score (nSPS) is 16.1. The van der Waals surface area contributed by atoms with E-state index in [1.165, 1.54) is 20.8 Å². The van der Waals surface area contributed by atoms with Crippen molar-refractivity contribution in [3.8, 4) is 0 Å². The Balaban J connectivity index is 3.87. The van der Waals surface area contributed by atoms with Gasteiger partial charge in [-0.05, 0) is 6.92 Å². The van der Waals surface area contributed by atoms with E-state index in [2.05, 4.69) is 10.6 Å². The molecule has 0 aromatic heterocycles. The molecule has 0 aliphatic carbocycles. The molecular formula is C25H50N2O13. The summed E-state index contributed by atoms with van der Waals surface area (Å²) in [5, 5.41) is 43.1. The zero-order valence-electron chi connectivity index (χ0n) is 24.1. The van der Waals surface area contributed by atoms with E-state index < -0.39 is 50.0 Å². The third-order valence-corrected chi connectivity index (χ3v) is 5.06. The predicted molar refractivity (Wildman–Crippen MR) is 141 cm³/mol. The van der Waals surface area contributed by atoms with Crippen molar-refractivity contribution in [2.75, 3.05) is 85.8 Å². The second-order valence-electron chi connectivity index (χ2n) is 9.07. The summed E-state index contributed by atoms with van der Waals surface area (Å²) in [6.07, 6.45) is -4.12. The number of nitrogens with one attached hydrogen (secondary N) is 2. The Morgan fingerprint density at radius 1 is 0.725 bits per heavy atom. The first-order chi connectivity index (χ1) is 19.1. The smallest absolute Gasteiger partial charge is 0.217 e. The summed E-state index contributed by atoms with van der Waals surface area (Å²) in [4.78, 5) is 22.1. The van der Waals surface area contributed by atoms with E-state index in [1.54, 1.807) is 0 Å². The summed E-state index contributed by atoms with van der Waals surface area (Å²) in [7, 11) is 0. The van der Waals surface area contributed by atoms with E-state index in [9.17, 15) is 30.0 Å². The van der Waals surface area contributed by atoms with Gasteiger partial charge in [0.2, 0.25) is 11.8 Å². The molecule has 0 spiro atoms. The number of amides is 2. The Hall–Kier alpha value is -1.50. The maximum absolute atomic E-state index is 11.4. The van der Waals surface area contributed by atoms with Gasteiger partial charge in [-0.25, -0.2) is 0 Å². The van der Waals surface area contributed by atoms with Gasteiger partial charge in [0.05, 0.1) is 91.9 Å². The van der Waals surface area contributed by atoms with Crippen LogP contribution in [0.3, 0.4) is 0 Å². The number of carbonyl (C=O) groups excluding carboxylic acids is 2. The first kappa shape index (κ1) is 38.5. The van der Waals surface area contributed by atoms with Crippen molar-refractivity contribution in [2.24, 2.45) is 5.92 Å². The van der Waals surface area contributed by atoms with Crippen molar-refractivity contribution in [1.29, 1.82) is 0 Å². The van der Waals surface area contributed by atoms with E-state index >= 15 is 0 Å². The number of rotatable bonds is 27. The molecule has 15 nitrogen and oxygen atoms in total. The fourth-order valence-electron chi connectivity index (χ4n) is 3.01. The van der Waals surface area contributed by atoms with E-state index in [0.29, 0.717) is 46.2 Å². The average molecular weight is 587 g/mol. The van der Waals surface area contributed by atoms with Gasteiger partial charge in [-0.1, -0.05) is 6.92 Å². The quantitative estimate of drug-likeness (QED) is 0.0446. The number of ether oxygens (including phenoxy) is 7.